The second-order valence-electron chi connectivity index (χ2n) is 6.02. The molecule has 1 amide bonds. The quantitative estimate of drug-likeness (QED) is 0.414. The van der Waals surface area contributed by atoms with Crippen LogP contribution in [0.5, 0.6) is 0 Å². The molecule has 0 aromatic heterocycles. The van der Waals surface area contributed by atoms with Crippen molar-refractivity contribution in [3.63, 3.8) is 0 Å². The first kappa shape index (κ1) is 21.5. The summed E-state index contributed by atoms with van der Waals surface area (Å²) in [4.78, 5) is 19.5. The number of amides is 1. The van der Waals surface area contributed by atoms with Crippen molar-refractivity contribution in [3.05, 3.63) is 46.4 Å². The lowest BCUT2D eigenvalue weighted by Crippen LogP contribution is -2.26. The predicted octanol–water partition coefficient (Wildman–Crippen LogP) is 4.01. The Morgan fingerprint density at radius 2 is 1.68 bits per heavy atom. The van der Waals surface area contributed by atoms with Crippen molar-refractivity contribution in [1.82, 2.24) is 0 Å². The summed E-state index contributed by atoms with van der Waals surface area (Å²) in [6.07, 6.45) is 2.33. The molecule has 0 unspecified atom stereocenters. The first-order valence-electron chi connectivity index (χ1n) is 8.63. The third-order valence-corrected chi connectivity index (χ3v) is 4.33. The number of guanidine groups is 2. The van der Waals surface area contributed by atoms with Crippen molar-refractivity contribution in [1.29, 1.82) is 0 Å². The minimum atomic E-state index is -0.197. The number of nitrogens with zero attached hydrogens (tertiary/aromatic N) is 2. The van der Waals surface area contributed by atoms with Crippen molar-refractivity contribution in [3.8, 4) is 11.1 Å². The molecule has 0 spiro atoms. The molecular formula is C19H22Cl2N6O. The lowest BCUT2D eigenvalue weighted by molar-refractivity contribution is -0.116. The summed E-state index contributed by atoms with van der Waals surface area (Å²) in [5.74, 6) is -0.314. The minimum absolute atomic E-state index is 0.00811. The molecule has 9 heteroatoms. The average molecular weight is 421 g/mol. The fourth-order valence-corrected chi connectivity index (χ4v) is 3.16. The van der Waals surface area contributed by atoms with E-state index in [0.29, 0.717) is 33.4 Å². The molecule has 0 heterocycles. The number of aliphatic imine (C=N–C) groups is 2. The van der Waals surface area contributed by atoms with E-state index in [4.69, 9.17) is 40.4 Å². The van der Waals surface area contributed by atoms with E-state index < -0.39 is 0 Å². The predicted molar refractivity (Wildman–Crippen MR) is 117 cm³/mol. The maximum Gasteiger partial charge on any atom is 0.224 e. The second-order valence-corrected chi connectivity index (χ2v) is 6.83. The Hall–Kier alpha value is -2.77. The van der Waals surface area contributed by atoms with Crippen LogP contribution in [0.3, 0.4) is 0 Å². The Morgan fingerprint density at radius 1 is 1.07 bits per heavy atom. The van der Waals surface area contributed by atoms with Crippen LogP contribution >= 0.6 is 23.2 Å². The zero-order chi connectivity index (χ0) is 20.7. The molecule has 0 radical (unpaired) electrons. The van der Waals surface area contributed by atoms with E-state index >= 15 is 0 Å². The van der Waals surface area contributed by atoms with Gasteiger partial charge in [0.15, 0.2) is 5.96 Å². The molecule has 2 aromatic rings. The van der Waals surface area contributed by atoms with E-state index in [9.17, 15) is 4.79 Å². The molecule has 7 N–H and O–H groups in total. The summed E-state index contributed by atoms with van der Waals surface area (Å²) in [5.41, 5.74) is 18.7. The number of nitrogens with two attached hydrogens (primary N) is 3. The normalized spacial score (nSPS) is 11.2. The van der Waals surface area contributed by atoms with Crippen LogP contribution in [0.2, 0.25) is 10.0 Å². The topological polar surface area (TPSA) is 132 Å². The fraction of sp³-hybridized carbons (Fsp3) is 0.211. The highest BCUT2D eigenvalue weighted by molar-refractivity contribution is 6.39. The molecule has 0 bridgehead atoms. The van der Waals surface area contributed by atoms with Gasteiger partial charge in [0, 0.05) is 17.7 Å². The number of halogens is 2. The molecule has 2 rings (SSSR count). The number of rotatable bonds is 6. The summed E-state index contributed by atoms with van der Waals surface area (Å²) in [6, 6.07) is 10.5. The molecule has 148 valence electrons. The van der Waals surface area contributed by atoms with Crippen molar-refractivity contribution in [2.75, 3.05) is 5.32 Å². The van der Waals surface area contributed by atoms with Crippen LogP contribution in [0.25, 0.3) is 11.1 Å². The second kappa shape index (κ2) is 9.96. The van der Waals surface area contributed by atoms with Gasteiger partial charge in [0.05, 0.1) is 15.7 Å². The fourth-order valence-electron chi connectivity index (χ4n) is 2.47. The van der Waals surface area contributed by atoms with Gasteiger partial charge >= 0.3 is 0 Å². The number of benzene rings is 2. The van der Waals surface area contributed by atoms with E-state index in [1.807, 2.05) is 19.1 Å². The summed E-state index contributed by atoms with van der Waals surface area (Å²) in [5, 5.41) is 3.65. The van der Waals surface area contributed by atoms with Crippen LogP contribution in [0.4, 0.5) is 11.4 Å². The molecule has 0 saturated heterocycles. The molecule has 0 fully saturated rings. The average Bonchev–Trinajstić information content (AvgIpc) is 2.60. The van der Waals surface area contributed by atoms with E-state index in [1.54, 1.807) is 24.3 Å². The third-order valence-electron chi connectivity index (χ3n) is 3.73. The van der Waals surface area contributed by atoms with Gasteiger partial charge in [-0.25, -0.2) is 4.99 Å². The Labute approximate surface area is 173 Å². The number of carbonyl (C=O) groups is 1. The van der Waals surface area contributed by atoms with Gasteiger partial charge in [-0.15, -0.1) is 0 Å². The lowest BCUT2D eigenvalue weighted by atomic mass is 10.0. The summed E-state index contributed by atoms with van der Waals surface area (Å²) >= 11 is 12.8. The molecule has 7 nitrogen and oxygen atoms in total. The van der Waals surface area contributed by atoms with Crippen LogP contribution < -0.4 is 22.5 Å². The van der Waals surface area contributed by atoms with Crippen LogP contribution in [0.15, 0.2) is 46.4 Å². The van der Waals surface area contributed by atoms with Gasteiger partial charge in [0.2, 0.25) is 11.9 Å². The monoisotopic (exact) mass is 420 g/mol. The van der Waals surface area contributed by atoms with Gasteiger partial charge in [-0.2, -0.15) is 4.99 Å². The Morgan fingerprint density at radius 3 is 2.21 bits per heavy atom. The number of carbonyl (C=O) groups excluding carboxylic acids is 1. The molecular weight excluding hydrogens is 399 g/mol. The first-order valence-corrected chi connectivity index (χ1v) is 9.39. The smallest absolute Gasteiger partial charge is 0.224 e. The number of hydrogen-bond donors (Lipinski definition) is 4. The van der Waals surface area contributed by atoms with Gasteiger partial charge in [-0.1, -0.05) is 48.7 Å². The first-order chi connectivity index (χ1) is 13.3. The molecule has 2 aromatic carbocycles. The van der Waals surface area contributed by atoms with Crippen molar-refractivity contribution >= 4 is 52.4 Å². The Bertz CT molecular complexity index is 882. The summed E-state index contributed by atoms with van der Waals surface area (Å²) < 4.78 is 0. The van der Waals surface area contributed by atoms with Gasteiger partial charge < -0.3 is 22.5 Å². The van der Waals surface area contributed by atoms with Gasteiger partial charge in [-0.05, 0) is 36.2 Å². The van der Waals surface area contributed by atoms with Crippen LogP contribution in [0, 0.1) is 0 Å². The molecule has 0 aliphatic carbocycles. The number of nitrogens with one attached hydrogen (secondary N) is 1. The largest absolute Gasteiger partial charge is 0.370 e. The number of anilines is 1. The maximum absolute atomic E-state index is 11.8. The van der Waals surface area contributed by atoms with Gasteiger partial charge in [-0.3, -0.25) is 4.79 Å². The molecule has 0 aliphatic rings. The van der Waals surface area contributed by atoms with E-state index in [-0.39, 0.29) is 17.8 Å². The van der Waals surface area contributed by atoms with Gasteiger partial charge in [0.1, 0.15) is 0 Å². The molecule has 0 atom stereocenters. The molecule has 28 heavy (non-hydrogen) atoms. The Kier molecular flexibility index (Phi) is 7.66. The SMILES string of the molecule is CCCCC(=O)Nc1ccc(-c2c(Cl)cc(N=C(N)N=C(N)N)cc2Cl)cc1. The summed E-state index contributed by atoms with van der Waals surface area (Å²) in [6.45, 7) is 2.04. The van der Waals surface area contributed by atoms with Crippen LogP contribution in [0.1, 0.15) is 26.2 Å². The highest BCUT2D eigenvalue weighted by Gasteiger charge is 2.11. The van der Waals surface area contributed by atoms with E-state index in [1.165, 1.54) is 0 Å². The minimum Gasteiger partial charge on any atom is -0.370 e. The highest BCUT2D eigenvalue weighted by Crippen LogP contribution is 2.38. The maximum atomic E-state index is 11.8. The van der Waals surface area contributed by atoms with Crippen LogP contribution in [-0.2, 0) is 4.79 Å². The summed E-state index contributed by atoms with van der Waals surface area (Å²) in [7, 11) is 0. The zero-order valence-corrected chi connectivity index (χ0v) is 16.9. The zero-order valence-electron chi connectivity index (χ0n) is 15.4. The van der Waals surface area contributed by atoms with Crippen molar-refractivity contribution in [2.45, 2.75) is 26.2 Å². The van der Waals surface area contributed by atoms with E-state index in [2.05, 4.69) is 15.3 Å². The lowest BCUT2D eigenvalue weighted by Gasteiger charge is -2.10. The molecule has 0 aliphatic heterocycles. The van der Waals surface area contributed by atoms with E-state index in [0.717, 1.165) is 18.4 Å². The standard InChI is InChI=1S/C19H22Cl2N6O/c1-2-3-4-16(28)25-12-7-5-11(6-8-12)17-14(20)9-13(10-15(17)21)26-19(24)27-18(22)23/h5-10H,2-4H2,1H3,(H,25,28)(H6,22,23,24,26,27). The number of hydrogen-bond acceptors (Lipinski definition) is 2. The Balaban J connectivity index is 2.24. The van der Waals surface area contributed by atoms with Gasteiger partial charge in [0.25, 0.3) is 0 Å². The third kappa shape index (κ3) is 6.14. The van der Waals surface area contributed by atoms with Crippen LogP contribution in [-0.4, -0.2) is 17.8 Å². The number of unbranched alkanes of at least 4 members (excludes halogenated alkanes) is 1. The molecule has 0 saturated carbocycles. The van der Waals surface area contributed by atoms with Crippen molar-refractivity contribution < 1.29 is 4.79 Å². The highest BCUT2D eigenvalue weighted by atomic mass is 35.5. The van der Waals surface area contributed by atoms with Crippen molar-refractivity contribution in [2.24, 2.45) is 27.2 Å².